The van der Waals surface area contributed by atoms with Crippen molar-refractivity contribution in [3.8, 4) is 0 Å². The molecule has 7 heteroatoms. The number of alkyl halides is 3. The van der Waals surface area contributed by atoms with Crippen LogP contribution in [0.4, 0.5) is 30.6 Å². The number of anilines is 3. The van der Waals surface area contributed by atoms with E-state index in [1.54, 1.807) is 24.3 Å². The molecule has 2 N–H and O–H groups in total. The summed E-state index contributed by atoms with van der Waals surface area (Å²) in [7, 11) is 0. The van der Waals surface area contributed by atoms with Gasteiger partial charge in [0.25, 0.3) is 0 Å². The fourth-order valence-corrected chi connectivity index (χ4v) is 1.71. The highest BCUT2D eigenvalue weighted by molar-refractivity contribution is 5.57. The van der Waals surface area contributed by atoms with Crippen LogP contribution < -0.4 is 10.6 Å². The van der Waals surface area contributed by atoms with Crippen LogP contribution >= 0.6 is 0 Å². The van der Waals surface area contributed by atoms with E-state index in [9.17, 15) is 13.2 Å². The second-order valence-corrected chi connectivity index (χ2v) is 4.90. The summed E-state index contributed by atoms with van der Waals surface area (Å²) >= 11 is 0. The first-order valence-corrected chi connectivity index (χ1v) is 6.93. The number of hydrogen-bond donors (Lipinski definition) is 2. The molecule has 2 aromatic rings. The number of rotatable bonds is 5. The van der Waals surface area contributed by atoms with Crippen molar-refractivity contribution in [1.29, 1.82) is 0 Å². The van der Waals surface area contributed by atoms with Gasteiger partial charge < -0.3 is 10.6 Å². The minimum absolute atomic E-state index is 0.0203. The van der Waals surface area contributed by atoms with Crippen LogP contribution in [0.15, 0.2) is 36.4 Å². The zero-order valence-corrected chi connectivity index (χ0v) is 12.3. The van der Waals surface area contributed by atoms with Crippen molar-refractivity contribution < 1.29 is 13.2 Å². The first-order chi connectivity index (χ1) is 10.4. The number of nitrogens with one attached hydrogen (secondary N) is 2. The summed E-state index contributed by atoms with van der Waals surface area (Å²) in [6, 6.07) is 9.76. The molecule has 0 saturated carbocycles. The Morgan fingerprint density at radius 3 is 2.41 bits per heavy atom. The number of hydrogen-bond acceptors (Lipinski definition) is 4. The Labute approximate surface area is 126 Å². The number of halogens is 3. The van der Waals surface area contributed by atoms with Crippen molar-refractivity contribution in [3.05, 3.63) is 42.1 Å². The molecule has 0 bridgehead atoms. The Balaban J connectivity index is 2.33. The van der Waals surface area contributed by atoms with E-state index in [2.05, 4.69) is 20.6 Å². The lowest BCUT2D eigenvalue weighted by molar-refractivity contribution is -0.141. The van der Waals surface area contributed by atoms with Crippen LogP contribution in [0.2, 0.25) is 0 Å². The second-order valence-electron chi connectivity index (χ2n) is 4.90. The van der Waals surface area contributed by atoms with Crippen LogP contribution in [0.1, 0.15) is 26.0 Å². The summed E-state index contributed by atoms with van der Waals surface area (Å²) in [5, 5.41) is 5.72. The van der Waals surface area contributed by atoms with E-state index >= 15 is 0 Å². The minimum atomic E-state index is -4.53. The topological polar surface area (TPSA) is 49.8 Å². The highest BCUT2D eigenvalue weighted by Gasteiger charge is 2.33. The van der Waals surface area contributed by atoms with Gasteiger partial charge in [-0.25, -0.2) is 4.98 Å². The molecular formula is C15H17F3N4. The minimum Gasteiger partial charge on any atom is -0.352 e. The van der Waals surface area contributed by atoms with Gasteiger partial charge in [0.15, 0.2) is 5.69 Å². The molecule has 0 unspecified atom stereocenters. The number of aromatic nitrogens is 2. The molecule has 0 saturated heterocycles. The summed E-state index contributed by atoms with van der Waals surface area (Å²) in [6.07, 6.45) is -3.77. The van der Waals surface area contributed by atoms with Gasteiger partial charge in [-0.15, -0.1) is 0 Å². The molecule has 2 rings (SSSR count). The molecule has 0 fully saturated rings. The van der Waals surface area contributed by atoms with Gasteiger partial charge >= 0.3 is 6.18 Å². The van der Waals surface area contributed by atoms with Crippen LogP contribution in [-0.2, 0) is 6.18 Å². The van der Waals surface area contributed by atoms with Crippen molar-refractivity contribution in [2.45, 2.75) is 32.5 Å². The fraction of sp³-hybridized carbons (Fsp3) is 0.333. The maximum atomic E-state index is 13.0. The molecule has 118 valence electrons. The molecule has 0 aliphatic rings. The van der Waals surface area contributed by atoms with Crippen LogP contribution in [0.5, 0.6) is 0 Å². The maximum Gasteiger partial charge on any atom is 0.433 e. The largest absolute Gasteiger partial charge is 0.433 e. The molecule has 1 aromatic carbocycles. The van der Waals surface area contributed by atoms with Crippen LogP contribution in [0, 0.1) is 0 Å². The zero-order valence-electron chi connectivity index (χ0n) is 12.3. The third-order valence-corrected chi connectivity index (χ3v) is 3.05. The molecule has 0 spiro atoms. The highest BCUT2D eigenvalue weighted by Crippen LogP contribution is 2.30. The third-order valence-electron chi connectivity index (χ3n) is 3.05. The van der Waals surface area contributed by atoms with Crippen LogP contribution in [0.25, 0.3) is 0 Å². The summed E-state index contributed by atoms with van der Waals surface area (Å²) < 4.78 is 38.9. The number of benzene rings is 1. The fourth-order valence-electron chi connectivity index (χ4n) is 1.71. The maximum absolute atomic E-state index is 13.0. The first-order valence-electron chi connectivity index (χ1n) is 6.93. The number of nitrogens with zero attached hydrogens (tertiary/aromatic N) is 2. The van der Waals surface area contributed by atoms with E-state index in [-0.39, 0.29) is 17.8 Å². The molecule has 22 heavy (non-hydrogen) atoms. The molecule has 0 amide bonds. The van der Waals surface area contributed by atoms with E-state index < -0.39 is 11.9 Å². The smallest absolute Gasteiger partial charge is 0.352 e. The quantitative estimate of drug-likeness (QED) is 0.856. The lowest BCUT2D eigenvalue weighted by Crippen LogP contribution is -2.18. The van der Waals surface area contributed by atoms with Crippen molar-refractivity contribution >= 4 is 17.5 Å². The summed E-state index contributed by atoms with van der Waals surface area (Å²) in [5.41, 5.74) is -0.324. The van der Waals surface area contributed by atoms with Crippen molar-refractivity contribution in [3.63, 3.8) is 0 Å². The summed E-state index contributed by atoms with van der Waals surface area (Å²) in [5.74, 6) is 0.0573. The highest BCUT2D eigenvalue weighted by atomic mass is 19.4. The lowest BCUT2D eigenvalue weighted by atomic mass is 10.3. The van der Waals surface area contributed by atoms with Gasteiger partial charge in [0.1, 0.15) is 5.82 Å². The van der Waals surface area contributed by atoms with E-state index in [1.165, 1.54) is 0 Å². The summed E-state index contributed by atoms with van der Waals surface area (Å²) in [4.78, 5) is 7.64. The lowest BCUT2D eigenvalue weighted by Gasteiger charge is -2.15. The van der Waals surface area contributed by atoms with Gasteiger partial charge in [-0.3, -0.25) is 0 Å². The molecule has 0 aliphatic carbocycles. The van der Waals surface area contributed by atoms with Crippen LogP contribution in [-0.4, -0.2) is 16.0 Å². The molecule has 0 aliphatic heterocycles. The second kappa shape index (κ2) is 6.64. The first kappa shape index (κ1) is 16.1. The van der Waals surface area contributed by atoms with E-state index in [4.69, 9.17) is 0 Å². The van der Waals surface area contributed by atoms with E-state index in [1.807, 2.05) is 19.9 Å². The monoisotopic (exact) mass is 310 g/mol. The van der Waals surface area contributed by atoms with Gasteiger partial charge in [-0.2, -0.15) is 18.2 Å². The number of para-hydroxylation sites is 1. The van der Waals surface area contributed by atoms with E-state index in [0.29, 0.717) is 5.69 Å². The molecular weight excluding hydrogens is 293 g/mol. The molecule has 1 atom stereocenters. The van der Waals surface area contributed by atoms with Gasteiger partial charge in [-0.05, 0) is 25.5 Å². The van der Waals surface area contributed by atoms with Gasteiger partial charge in [-0.1, -0.05) is 25.1 Å². The summed E-state index contributed by atoms with van der Waals surface area (Å²) in [6.45, 7) is 3.78. The molecule has 0 radical (unpaired) electrons. The van der Waals surface area contributed by atoms with Gasteiger partial charge in [0.05, 0.1) is 0 Å². The third kappa shape index (κ3) is 4.34. The Kier molecular flexibility index (Phi) is 4.85. The Morgan fingerprint density at radius 2 is 1.82 bits per heavy atom. The zero-order chi connectivity index (χ0) is 16.2. The molecule has 1 heterocycles. The Hall–Kier alpha value is -2.31. The van der Waals surface area contributed by atoms with Gasteiger partial charge in [0.2, 0.25) is 5.95 Å². The van der Waals surface area contributed by atoms with Crippen LogP contribution in [0.3, 0.4) is 0 Å². The van der Waals surface area contributed by atoms with Crippen molar-refractivity contribution in [1.82, 2.24) is 9.97 Å². The van der Waals surface area contributed by atoms with Crippen molar-refractivity contribution in [2.75, 3.05) is 10.6 Å². The Bertz CT molecular complexity index is 614. The molecule has 1 aromatic heterocycles. The average molecular weight is 310 g/mol. The predicted molar refractivity (Wildman–Crippen MR) is 80.1 cm³/mol. The average Bonchev–Trinajstić information content (AvgIpc) is 2.47. The standard InChI is InChI=1S/C15H17F3N4/c1-3-10(2)19-14-21-12(15(16,17)18)9-13(22-14)20-11-7-5-4-6-8-11/h4-10H,3H2,1-2H3,(H2,19,20,21,22)/t10-/m0/s1. The SMILES string of the molecule is CC[C@H](C)Nc1nc(Nc2ccccc2)cc(C(F)(F)F)n1. The Morgan fingerprint density at radius 1 is 1.14 bits per heavy atom. The van der Waals surface area contributed by atoms with Crippen molar-refractivity contribution in [2.24, 2.45) is 0 Å². The molecule has 4 nitrogen and oxygen atoms in total. The van der Waals surface area contributed by atoms with Gasteiger partial charge in [0, 0.05) is 17.8 Å². The van der Waals surface area contributed by atoms with E-state index in [0.717, 1.165) is 12.5 Å². The normalized spacial score (nSPS) is 12.8. The predicted octanol–water partition coefficient (Wildman–Crippen LogP) is 4.45.